The Bertz CT molecular complexity index is 3730. The highest BCUT2D eigenvalue weighted by Crippen LogP contribution is 2.16. The van der Waals surface area contributed by atoms with Gasteiger partial charge in [-0.25, -0.2) is 9.59 Å². The number of alkyl halides is 6. The van der Waals surface area contributed by atoms with Crippen LogP contribution in [-0.4, -0.2) is 156 Å². The minimum absolute atomic E-state index is 0. The van der Waals surface area contributed by atoms with Gasteiger partial charge < -0.3 is 125 Å². The van der Waals surface area contributed by atoms with E-state index in [0.29, 0.717) is 81.9 Å². The van der Waals surface area contributed by atoms with Crippen molar-refractivity contribution in [1.29, 1.82) is 0 Å². The number of hydrogen-bond donors (Lipinski definition) is 9. The maximum Gasteiger partial charge on any atom is 0.430 e. The Morgan fingerprint density at radius 1 is 0.384 bits per heavy atom. The standard InChI is InChI=1S/C24H32N2O2.C22H28N2O2.C16H26N4O2.C15H23N3O2.2C2HF3O2.2HI/c1-19-8-14-22(15-9-19)24(28)25-18-21-12-10-20(11-13-21)17-23(27)7-5-6-16-26(2,3)4;1-17-6-12-20(13-7-17)22(26)24-16-19-10-8-18(9-11-19)15-21(25)5-3-2-4-14-23;1-13(21)18-12-14-6-8-15(9-7-14)19-16(22)17-10-5-11-20(2,3)4;1-3-4-5-10-16-15(20)18-14-8-6-13(7-9-14)11-17-12(2)19;2*3-2(4,5)1(6)7;;/h8-15H,5-7,16-18H2,1-4H3;6-13H,2-5,14-16,23H2,1H3,(H,24,26);6-9H,5,10-12H2,1-4H3,(H2-,17,18,19,21,22);6-9H,3-5,10-11H2,1-2H3,(H,17,19)(H2,16,18,20);2*(H,6,7);2*1H/p-1. The molecule has 112 heavy (non-hydrogen) atoms. The Balaban J connectivity index is 0. The van der Waals surface area contributed by atoms with E-state index in [-0.39, 0.29) is 89.4 Å². The highest BCUT2D eigenvalue weighted by atomic mass is 127. The molecule has 0 atom stereocenters. The second kappa shape index (κ2) is 57.0. The number of nitrogens with zero attached hydrogens (tertiary/aromatic N) is 2. The molecule has 6 aromatic carbocycles. The van der Waals surface area contributed by atoms with Gasteiger partial charge in [-0.05, 0) is 134 Å². The number of anilines is 2. The Kier molecular flexibility index (Phi) is 53.5. The minimum atomic E-state index is -5.19. The number of aryl methyl sites for hydroxylation is 2. The van der Waals surface area contributed by atoms with Crippen LogP contribution in [-0.2, 0) is 67.8 Å². The first kappa shape index (κ1) is 105. The zero-order chi connectivity index (χ0) is 82.9. The average molecular weight is 1800 g/mol. The first-order valence-corrected chi connectivity index (χ1v) is 36.2. The molecule has 6 rings (SSSR count). The van der Waals surface area contributed by atoms with Crippen LogP contribution in [0.4, 0.5) is 47.3 Å². The summed E-state index contributed by atoms with van der Waals surface area (Å²) in [6, 6.07) is 45.3. The number of urea groups is 2. The molecule has 0 aliphatic rings. The molecule has 11 N–H and O–H groups in total. The number of carboxylic acids is 2. The van der Waals surface area contributed by atoms with Crippen molar-refractivity contribution in [3.05, 3.63) is 201 Å². The second-order valence-electron chi connectivity index (χ2n) is 27.9. The van der Waals surface area contributed by atoms with Gasteiger partial charge in [-0.2, -0.15) is 26.3 Å². The molecule has 0 aliphatic carbocycles. The number of halogens is 8. The third kappa shape index (κ3) is 55.4. The van der Waals surface area contributed by atoms with E-state index in [1.54, 1.807) is 0 Å². The molecule has 620 valence electrons. The Morgan fingerprint density at radius 3 is 0.982 bits per heavy atom. The molecular formula is C81H112F6I2N11O12-. The van der Waals surface area contributed by atoms with Crippen molar-refractivity contribution < 1.29 is 147 Å². The van der Waals surface area contributed by atoms with Gasteiger partial charge in [-0.1, -0.05) is 128 Å². The molecule has 0 heterocycles. The molecule has 0 radical (unpaired) electrons. The number of quaternary nitrogens is 3. The van der Waals surface area contributed by atoms with Crippen LogP contribution in [0.25, 0.3) is 0 Å². The highest BCUT2D eigenvalue weighted by Gasteiger charge is 2.29. The van der Waals surface area contributed by atoms with Gasteiger partial charge in [0, 0.05) is 108 Å². The van der Waals surface area contributed by atoms with Gasteiger partial charge in [-0.15, -0.1) is 0 Å². The largest absolute Gasteiger partial charge is 1.00 e. The fourth-order valence-corrected chi connectivity index (χ4v) is 9.29. The van der Waals surface area contributed by atoms with Crippen LogP contribution in [0.1, 0.15) is 157 Å². The lowest BCUT2D eigenvalue weighted by Gasteiger charge is -2.23. The predicted octanol–water partition coefficient (Wildman–Crippen LogP) is 3.53. The SMILES string of the molecule is CC(=O)NCc1ccc(NC(=O)NCCC[N+](C)(C)C)cc1.CCCCCNC(=O)Nc1ccc(CNC(C)=O)cc1.Cc1ccc(C(=O)NCc2ccc(CC(=O)CCCCC[NH3+])cc2)cc1.Cc1ccc(C(=O)NCc2ccc(CC(=O)CCCC[N+](C)(C)C)cc2)cc1.O=C([O-])C(F)(F)F.O=C([O-])C(F)(F)F.[I-].[I-]. The first-order chi connectivity index (χ1) is 51.6. The van der Waals surface area contributed by atoms with Crippen LogP contribution in [0.15, 0.2) is 146 Å². The van der Waals surface area contributed by atoms with Crippen LogP contribution in [0, 0.1) is 13.8 Å². The number of aliphatic carboxylic acids is 2. The summed E-state index contributed by atoms with van der Waals surface area (Å²) in [5.41, 5.74) is 15.0. The fraction of sp³-hybridized carbons (Fsp3) is 0.432. The zero-order valence-electron chi connectivity index (χ0n) is 65.9. The van der Waals surface area contributed by atoms with Crippen LogP contribution in [0.5, 0.6) is 0 Å². The maximum atomic E-state index is 12.2. The lowest BCUT2D eigenvalue weighted by Crippen LogP contribution is -3.00. The Labute approximate surface area is 688 Å². The van der Waals surface area contributed by atoms with Crippen LogP contribution in [0.3, 0.4) is 0 Å². The van der Waals surface area contributed by atoms with E-state index in [9.17, 15) is 64.7 Å². The molecule has 8 amide bonds. The van der Waals surface area contributed by atoms with Crippen molar-refractivity contribution in [2.45, 2.75) is 157 Å². The summed E-state index contributed by atoms with van der Waals surface area (Å²) in [5.74, 6) is -5.70. The van der Waals surface area contributed by atoms with Gasteiger partial charge in [-0.3, -0.25) is 28.8 Å². The number of carbonyl (C=O) groups excluding carboxylic acids is 10. The summed E-state index contributed by atoms with van der Waals surface area (Å²) in [7, 11) is 12.9. The van der Waals surface area contributed by atoms with Crippen molar-refractivity contribution in [2.75, 3.05) is 85.6 Å². The van der Waals surface area contributed by atoms with Crippen molar-refractivity contribution in [3.63, 3.8) is 0 Å². The van der Waals surface area contributed by atoms with E-state index in [1.807, 2.05) is 159 Å². The van der Waals surface area contributed by atoms with Crippen molar-refractivity contribution in [3.8, 4) is 0 Å². The lowest BCUT2D eigenvalue weighted by atomic mass is 10.0. The second-order valence-corrected chi connectivity index (χ2v) is 27.9. The summed E-state index contributed by atoms with van der Waals surface area (Å²) in [6.45, 7) is 15.4. The number of unbranched alkanes of at least 4 members (excludes halogenated alkanes) is 5. The number of rotatable bonds is 34. The fourth-order valence-electron chi connectivity index (χ4n) is 9.29. The zero-order valence-corrected chi connectivity index (χ0v) is 70.3. The highest BCUT2D eigenvalue weighted by molar-refractivity contribution is 5.95. The van der Waals surface area contributed by atoms with Gasteiger partial charge in [0.05, 0.1) is 61.9 Å². The van der Waals surface area contributed by atoms with Crippen molar-refractivity contribution in [1.82, 2.24) is 31.9 Å². The smallest absolute Gasteiger partial charge is 0.430 e. The number of ketones is 2. The first-order valence-electron chi connectivity index (χ1n) is 36.2. The molecule has 0 spiro atoms. The molecule has 6 aromatic rings. The van der Waals surface area contributed by atoms with Crippen LogP contribution < -0.4 is 106 Å². The topological polar surface area (TPSA) is 341 Å². The number of amides is 8. The molecule has 31 heteroatoms. The van der Waals surface area contributed by atoms with Crippen LogP contribution >= 0.6 is 0 Å². The summed E-state index contributed by atoms with van der Waals surface area (Å²) in [4.78, 5) is 111. The van der Waals surface area contributed by atoms with E-state index in [4.69, 9.17) is 19.8 Å². The van der Waals surface area contributed by atoms with Gasteiger partial charge in [0.1, 0.15) is 23.5 Å². The molecule has 0 saturated heterocycles. The monoisotopic (exact) mass is 1800 g/mol. The van der Waals surface area contributed by atoms with E-state index < -0.39 is 24.3 Å². The molecular weight excluding hydrogens is 1690 g/mol. The normalized spacial score (nSPS) is 10.6. The molecule has 0 aliphatic heterocycles. The summed E-state index contributed by atoms with van der Waals surface area (Å²) < 4.78 is 64.9. The minimum Gasteiger partial charge on any atom is -1.00 e. The van der Waals surface area contributed by atoms with Gasteiger partial charge >= 0.3 is 24.4 Å². The Morgan fingerprint density at radius 2 is 0.679 bits per heavy atom. The number of benzene rings is 6. The molecule has 23 nitrogen and oxygen atoms in total. The van der Waals surface area contributed by atoms with Crippen LogP contribution in [0.2, 0.25) is 0 Å². The average Bonchev–Trinajstić information content (AvgIpc) is 0.896. The third-order valence-corrected chi connectivity index (χ3v) is 15.4. The summed E-state index contributed by atoms with van der Waals surface area (Å²) in [5, 5.41) is 40.1. The number of Topliss-reactive ketones (excluding diaryl/α,β-unsaturated/α-hetero) is 2. The number of hydrogen-bond acceptors (Lipinski definition) is 12. The number of carbonyl (C=O) groups is 10. The molecule has 0 fully saturated rings. The number of nitrogens with one attached hydrogen (secondary N) is 8. The summed E-state index contributed by atoms with van der Waals surface area (Å²) >= 11 is 0. The maximum absolute atomic E-state index is 12.2. The molecule has 0 saturated carbocycles. The predicted molar refractivity (Wildman–Crippen MR) is 409 cm³/mol. The molecule has 0 bridgehead atoms. The van der Waals surface area contributed by atoms with Gasteiger partial charge in [0.2, 0.25) is 11.8 Å². The van der Waals surface area contributed by atoms with E-state index in [1.165, 1.54) is 13.8 Å². The quantitative estimate of drug-likeness (QED) is 0.0121. The van der Waals surface area contributed by atoms with E-state index >= 15 is 0 Å². The van der Waals surface area contributed by atoms with Gasteiger partial charge in [0.25, 0.3) is 11.8 Å². The van der Waals surface area contributed by atoms with Gasteiger partial charge in [0.15, 0.2) is 0 Å². The third-order valence-electron chi connectivity index (χ3n) is 15.4. The van der Waals surface area contributed by atoms with E-state index in [0.717, 1.165) is 142 Å². The van der Waals surface area contributed by atoms with Crippen molar-refractivity contribution >= 4 is 70.6 Å². The Hall–Kier alpha value is -9.06. The molecule has 0 aromatic heterocycles. The van der Waals surface area contributed by atoms with E-state index in [2.05, 4.69) is 97.5 Å². The van der Waals surface area contributed by atoms with Crippen molar-refractivity contribution in [2.24, 2.45) is 0 Å². The molecule has 0 unspecified atom stereocenters. The number of carboxylic acid groups (broad SMARTS) is 2. The lowest BCUT2D eigenvalue weighted by molar-refractivity contribution is -0.870. The summed E-state index contributed by atoms with van der Waals surface area (Å²) in [6.07, 6.45) is 1.24.